The molecule has 0 aromatic heterocycles. The third-order valence-corrected chi connectivity index (χ3v) is 4.01. The molecule has 2 unspecified atom stereocenters. The summed E-state index contributed by atoms with van der Waals surface area (Å²) in [6.45, 7) is 7.54. The van der Waals surface area contributed by atoms with Crippen LogP contribution in [0.4, 0.5) is 0 Å². The van der Waals surface area contributed by atoms with Gasteiger partial charge in [-0.3, -0.25) is 10.1 Å². The fraction of sp³-hybridized carbons (Fsp3) is 0.923. The fourth-order valence-corrected chi connectivity index (χ4v) is 2.53. The lowest BCUT2D eigenvalue weighted by atomic mass is 10.1. The van der Waals surface area contributed by atoms with Gasteiger partial charge in [0.15, 0.2) is 0 Å². The number of nitrogens with zero attached hydrogens (tertiary/aromatic N) is 1. The molecule has 0 aromatic rings. The Hall–Kier alpha value is -0.570. The molecule has 1 heterocycles. The Balaban J connectivity index is 2.03. The number of carbonyl (C=O) groups excluding carboxylic acids is 1. The Morgan fingerprint density at radius 2 is 2.19 bits per heavy atom. The molecule has 16 heavy (non-hydrogen) atoms. The zero-order valence-corrected chi connectivity index (χ0v) is 10.8. The van der Waals surface area contributed by atoms with Gasteiger partial charge in [-0.05, 0) is 25.2 Å². The van der Waals surface area contributed by atoms with Crippen LogP contribution in [0.2, 0.25) is 0 Å². The molecule has 2 atom stereocenters. The summed E-state index contributed by atoms with van der Waals surface area (Å²) in [5.74, 6) is 0.977. The summed E-state index contributed by atoms with van der Waals surface area (Å²) in [5, 5.41) is 3.55. The Kier molecular flexibility index (Phi) is 3.24. The van der Waals surface area contributed by atoms with Crippen molar-refractivity contribution in [2.45, 2.75) is 64.6 Å². The normalized spacial score (nSPS) is 28.8. The van der Waals surface area contributed by atoms with Crippen LogP contribution >= 0.6 is 0 Å². The van der Waals surface area contributed by atoms with E-state index in [9.17, 15) is 4.79 Å². The molecule has 3 nitrogen and oxygen atoms in total. The number of carbonyl (C=O) groups is 1. The van der Waals surface area contributed by atoms with Gasteiger partial charge >= 0.3 is 0 Å². The summed E-state index contributed by atoms with van der Waals surface area (Å²) in [4.78, 5) is 14.4. The van der Waals surface area contributed by atoms with E-state index in [1.165, 1.54) is 0 Å². The highest BCUT2D eigenvalue weighted by atomic mass is 16.2. The second kappa shape index (κ2) is 4.36. The quantitative estimate of drug-likeness (QED) is 0.776. The number of rotatable bonds is 5. The molecular formula is C13H24N2O. The van der Waals surface area contributed by atoms with Crippen LogP contribution in [0.15, 0.2) is 0 Å². The highest BCUT2D eigenvalue weighted by molar-refractivity contribution is 5.91. The van der Waals surface area contributed by atoms with Gasteiger partial charge in [-0.25, -0.2) is 0 Å². The first-order chi connectivity index (χ1) is 7.63. The van der Waals surface area contributed by atoms with Gasteiger partial charge in [0, 0.05) is 6.54 Å². The van der Waals surface area contributed by atoms with Crippen molar-refractivity contribution in [3.05, 3.63) is 0 Å². The average molecular weight is 224 g/mol. The minimum Gasteiger partial charge on any atom is -0.325 e. The monoisotopic (exact) mass is 224 g/mol. The zero-order chi connectivity index (χ0) is 11.8. The Morgan fingerprint density at radius 3 is 2.69 bits per heavy atom. The number of hydrogen-bond donors (Lipinski definition) is 1. The van der Waals surface area contributed by atoms with Gasteiger partial charge in [0.1, 0.15) is 0 Å². The van der Waals surface area contributed by atoms with Crippen LogP contribution in [-0.4, -0.2) is 29.1 Å². The predicted molar refractivity (Wildman–Crippen MR) is 65.0 cm³/mol. The van der Waals surface area contributed by atoms with Gasteiger partial charge in [0.25, 0.3) is 0 Å². The van der Waals surface area contributed by atoms with Crippen molar-refractivity contribution in [1.29, 1.82) is 0 Å². The van der Waals surface area contributed by atoms with Crippen LogP contribution in [0, 0.1) is 5.92 Å². The first kappa shape index (κ1) is 11.9. The Labute approximate surface area is 98.6 Å². The second-order valence-electron chi connectivity index (χ2n) is 5.50. The minimum absolute atomic E-state index is 0.132. The first-order valence-corrected chi connectivity index (χ1v) is 6.71. The van der Waals surface area contributed by atoms with E-state index in [2.05, 4.69) is 31.0 Å². The van der Waals surface area contributed by atoms with Crippen molar-refractivity contribution in [1.82, 2.24) is 10.2 Å². The first-order valence-electron chi connectivity index (χ1n) is 6.71. The molecule has 0 aromatic carbocycles. The van der Waals surface area contributed by atoms with Crippen molar-refractivity contribution in [3.63, 3.8) is 0 Å². The largest absolute Gasteiger partial charge is 0.325 e. The number of hydrogen-bond acceptors (Lipinski definition) is 2. The van der Waals surface area contributed by atoms with Crippen LogP contribution in [0.1, 0.15) is 52.9 Å². The van der Waals surface area contributed by atoms with Crippen molar-refractivity contribution < 1.29 is 4.79 Å². The minimum atomic E-state index is -0.132. The summed E-state index contributed by atoms with van der Waals surface area (Å²) in [6, 6.07) is 0. The van der Waals surface area contributed by atoms with E-state index in [0.717, 1.165) is 38.6 Å². The molecule has 1 saturated heterocycles. The third-order valence-electron chi connectivity index (χ3n) is 4.01. The van der Waals surface area contributed by atoms with Crippen LogP contribution in [0.3, 0.4) is 0 Å². The van der Waals surface area contributed by atoms with E-state index in [1.54, 1.807) is 0 Å². The molecular weight excluding hydrogens is 200 g/mol. The maximum Gasteiger partial charge on any atom is 0.244 e. The predicted octanol–water partition coefficient (Wildman–Crippen LogP) is 2.12. The van der Waals surface area contributed by atoms with E-state index < -0.39 is 0 Å². The smallest absolute Gasteiger partial charge is 0.244 e. The molecule has 1 spiro atoms. The molecule has 1 aliphatic heterocycles. The van der Waals surface area contributed by atoms with Gasteiger partial charge in [-0.1, -0.05) is 33.6 Å². The molecule has 1 aliphatic carbocycles. The zero-order valence-electron chi connectivity index (χ0n) is 10.8. The van der Waals surface area contributed by atoms with Crippen molar-refractivity contribution in [3.8, 4) is 0 Å². The molecule has 0 bridgehead atoms. The summed E-state index contributed by atoms with van der Waals surface area (Å²) in [5.41, 5.74) is -0.132. The van der Waals surface area contributed by atoms with E-state index in [-0.39, 0.29) is 5.54 Å². The molecule has 2 aliphatic rings. The lowest BCUT2D eigenvalue weighted by Gasteiger charge is -2.26. The van der Waals surface area contributed by atoms with E-state index in [4.69, 9.17) is 0 Å². The summed E-state index contributed by atoms with van der Waals surface area (Å²) in [6.07, 6.45) is 5.76. The molecule has 2 rings (SSSR count). The van der Waals surface area contributed by atoms with Gasteiger partial charge in [0.05, 0.1) is 11.7 Å². The van der Waals surface area contributed by atoms with E-state index in [1.807, 2.05) is 0 Å². The maximum absolute atomic E-state index is 12.3. The lowest BCUT2D eigenvalue weighted by Crippen LogP contribution is -2.39. The van der Waals surface area contributed by atoms with Gasteiger partial charge in [-0.15, -0.1) is 0 Å². The molecule has 0 radical (unpaired) electrons. The lowest BCUT2D eigenvalue weighted by molar-refractivity contribution is -0.131. The fourth-order valence-electron chi connectivity index (χ4n) is 2.53. The van der Waals surface area contributed by atoms with Gasteiger partial charge in [0.2, 0.25) is 5.91 Å². The standard InChI is InChI=1S/C13H24N2O/c1-4-6-11-14-13(7-8-13)12(16)15(11)9-10(3)5-2/h10-11,14H,4-9H2,1-3H3. The molecule has 92 valence electrons. The molecule has 1 saturated carbocycles. The Morgan fingerprint density at radius 1 is 1.50 bits per heavy atom. The molecule has 1 amide bonds. The second-order valence-corrected chi connectivity index (χ2v) is 5.50. The summed E-state index contributed by atoms with van der Waals surface area (Å²) < 4.78 is 0. The van der Waals surface area contributed by atoms with E-state index in [0.29, 0.717) is 18.0 Å². The van der Waals surface area contributed by atoms with Crippen LogP contribution < -0.4 is 5.32 Å². The van der Waals surface area contributed by atoms with Crippen molar-refractivity contribution >= 4 is 5.91 Å². The maximum atomic E-state index is 12.3. The number of amides is 1. The third kappa shape index (κ3) is 1.97. The molecule has 3 heteroatoms. The topological polar surface area (TPSA) is 32.3 Å². The molecule has 1 N–H and O–H groups in total. The molecule has 2 fully saturated rings. The average Bonchev–Trinajstić information content (AvgIpc) is 3.00. The highest BCUT2D eigenvalue weighted by Crippen LogP contribution is 2.42. The SMILES string of the molecule is CCCC1NC2(CC2)C(=O)N1CC(C)CC. The van der Waals surface area contributed by atoms with Crippen molar-refractivity contribution in [2.75, 3.05) is 6.54 Å². The highest BCUT2D eigenvalue weighted by Gasteiger charge is 2.58. The van der Waals surface area contributed by atoms with E-state index >= 15 is 0 Å². The number of nitrogens with one attached hydrogen (secondary N) is 1. The van der Waals surface area contributed by atoms with Crippen LogP contribution in [-0.2, 0) is 4.79 Å². The summed E-state index contributed by atoms with van der Waals surface area (Å²) >= 11 is 0. The van der Waals surface area contributed by atoms with Gasteiger partial charge in [-0.2, -0.15) is 0 Å². The van der Waals surface area contributed by atoms with Gasteiger partial charge < -0.3 is 4.90 Å². The summed E-state index contributed by atoms with van der Waals surface area (Å²) in [7, 11) is 0. The van der Waals surface area contributed by atoms with Crippen LogP contribution in [0.25, 0.3) is 0 Å². The Bertz CT molecular complexity index is 273. The van der Waals surface area contributed by atoms with Crippen LogP contribution in [0.5, 0.6) is 0 Å². The van der Waals surface area contributed by atoms with Crippen molar-refractivity contribution in [2.24, 2.45) is 5.92 Å².